The average molecular weight is 295 g/mol. The van der Waals surface area contributed by atoms with Gasteiger partial charge in [0.05, 0.1) is 11.6 Å². The second-order valence-electron chi connectivity index (χ2n) is 4.72. The van der Waals surface area contributed by atoms with Crippen molar-refractivity contribution < 1.29 is 26.4 Å². The lowest BCUT2D eigenvalue weighted by molar-refractivity contribution is 0.234. The van der Waals surface area contributed by atoms with Crippen LogP contribution in [-0.4, -0.2) is 8.32 Å². The zero-order valence-electron chi connectivity index (χ0n) is 10.3. The summed E-state index contributed by atoms with van der Waals surface area (Å²) in [6, 6.07) is 1.41. The van der Waals surface area contributed by atoms with Crippen LogP contribution in [-0.2, 0) is 4.43 Å². The highest BCUT2D eigenvalue weighted by molar-refractivity contribution is 6.69. The van der Waals surface area contributed by atoms with E-state index in [-0.39, 0.29) is 0 Å². The lowest BCUT2D eigenvalue weighted by atomic mass is 10.1. The van der Waals surface area contributed by atoms with Gasteiger partial charge in [-0.2, -0.15) is 5.26 Å². The summed E-state index contributed by atoms with van der Waals surface area (Å²) < 4.78 is 71.0. The highest BCUT2D eigenvalue weighted by atomic mass is 28.4. The maximum Gasteiger partial charge on any atom is 0.200 e. The van der Waals surface area contributed by atoms with Crippen molar-refractivity contribution in [2.24, 2.45) is 0 Å². The third kappa shape index (κ3) is 3.11. The first-order valence-corrected chi connectivity index (χ1v) is 8.59. The van der Waals surface area contributed by atoms with Crippen molar-refractivity contribution in [1.29, 1.82) is 5.26 Å². The van der Waals surface area contributed by atoms with Crippen LogP contribution in [0.5, 0.6) is 0 Å². The Kier molecular flexibility index (Phi) is 4.32. The number of rotatable bonds is 3. The van der Waals surface area contributed by atoms with Crippen molar-refractivity contribution >= 4 is 8.32 Å². The van der Waals surface area contributed by atoms with Crippen LogP contribution in [0.4, 0.5) is 22.0 Å². The predicted molar refractivity (Wildman–Crippen MR) is 59.0 cm³/mol. The Labute approximate surface area is 107 Å². The molecule has 0 aliphatic carbocycles. The van der Waals surface area contributed by atoms with E-state index in [9.17, 15) is 22.0 Å². The molecule has 0 saturated carbocycles. The van der Waals surface area contributed by atoms with Crippen molar-refractivity contribution in [1.82, 2.24) is 0 Å². The summed E-state index contributed by atoms with van der Waals surface area (Å²) in [4.78, 5) is 0. The first-order valence-electron chi connectivity index (χ1n) is 5.19. The molecule has 1 unspecified atom stereocenters. The molecule has 8 heteroatoms. The Hall–Kier alpha value is -1.46. The lowest BCUT2D eigenvalue weighted by Crippen LogP contribution is -2.28. The van der Waals surface area contributed by atoms with E-state index in [1.807, 2.05) is 0 Å². The minimum atomic E-state index is -2.41. The quantitative estimate of drug-likeness (QED) is 0.368. The van der Waals surface area contributed by atoms with Gasteiger partial charge in [0.25, 0.3) is 0 Å². The van der Waals surface area contributed by atoms with E-state index in [0.717, 1.165) is 0 Å². The van der Waals surface area contributed by atoms with Gasteiger partial charge in [0.2, 0.25) is 5.82 Å². The van der Waals surface area contributed by atoms with E-state index in [0.29, 0.717) is 0 Å². The van der Waals surface area contributed by atoms with E-state index in [1.54, 1.807) is 19.6 Å². The van der Waals surface area contributed by atoms with Crippen LogP contribution in [0, 0.1) is 40.4 Å². The molecule has 104 valence electrons. The molecule has 0 amide bonds. The second-order valence-corrected chi connectivity index (χ2v) is 9.18. The number of benzene rings is 1. The molecule has 0 aliphatic heterocycles. The van der Waals surface area contributed by atoms with Gasteiger partial charge in [-0.05, 0) is 19.6 Å². The third-order valence-corrected chi connectivity index (χ3v) is 3.04. The van der Waals surface area contributed by atoms with Gasteiger partial charge in [-0.15, -0.1) is 0 Å². The van der Waals surface area contributed by atoms with Gasteiger partial charge in [-0.25, -0.2) is 22.0 Å². The largest absolute Gasteiger partial charge is 0.399 e. The second kappa shape index (κ2) is 5.26. The molecule has 0 N–H and O–H groups in total. The summed E-state index contributed by atoms with van der Waals surface area (Å²) in [6.45, 7) is 4.84. The van der Waals surface area contributed by atoms with E-state index in [4.69, 9.17) is 9.69 Å². The van der Waals surface area contributed by atoms with Crippen LogP contribution >= 0.6 is 0 Å². The molecule has 0 aliphatic rings. The molecule has 1 aromatic carbocycles. The van der Waals surface area contributed by atoms with Crippen LogP contribution in [0.15, 0.2) is 0 Å². The minimum absolute atomic E-state index is 1.25. The Bertz CT molecular complexity index is 520. The summed E-state index contributed by atoms with van der Waals surface area (Å²) in [5, 5.41) is 8.82. The maximum atomic E-state index is 13.5. The molecule has 0 bridgehead atoms. The number of halogens is 5. The van der Waals surface area contributed by atoms with E-state index >= 15 is 0 Å². The number of nitriles is 1. The fourth-order valence-corrected chi connectivity index (χ4v) is 2.23. The molecule has 1 aromatic rings. The van der Waals surface area contributed by atoms with Gasteiger partial charge in [0, 0.05) is 0 Å². The molecule has 1 rings (SSSR count). The normalized spacial score (nSPS) is 13.2. The van der Waals surface area contributed by atoms with Gasteiger partial charge in [0.1, 0.15) is 0 Å². The fourth-order valence-electron chi connectivity index (χ4n) is 1.36. The summed E-state index contributed by atoms with van der Waals surface area (Å²) in [6.07, 6.45) is -1.84. The van der Waals surface area contributed by atoms with Gasteiger partial charge in [-0.1, -0.05) is 0 Å². The van der Waals surface area contributed by atoms with Gasteiger partial charge < -0.3 is 4.43 Å². The van der Waals surface area contributed by atoms with Crippen molar-refractivity contribution in [3.63, 3.8) is 0 Å². The zero-order chi connectivity index (χ0) is 15.0. The predicted octanol–water partition coefficient (Wildman–Crippen LogP) is 3.80. The standard InChI is InChI=1S/C11H10F5NOSi/c1-19(2,3)18-5(4-17)6-7(12)9(14)11(16)10(15)8(6)13/h5H,1-3H3. The number of hydrogen-bond donors (Lipinski definition) is 0. The molecular weight excluding hydrogens is 285 g/mol. The molecule has 0 aromatic heterocycles. The Morgan fingerprint density at radius 1 is 0.895 bits per heavy atom. The van der Waals surface area contributed by atoms with Crippen molar-refractivity contribution in [3.8, 4) is 6.07 Å². The average Bonchev–Trinajstić information content (AvgIpc) is 2.31. The monoisotopic (exact) mass is 295 g/mol. The van der Waals surface area contributed by atoms with Gasteiger partial charge in [0.15, 0.2) is 37.7 Å². The first-order chi connectivity index (χ1) is 8.60. The van der Waals surface area contributed by atoms with Crippen LogP contribution in [0.25, 0.3) is 0 Å². The third-order valence-electron chi connectivity index (χ3n) is 2.09. The number of hydrogen-bond acceptors (Lipinski definition) is 2. The molecule has 0 fully saturated rings. The molecule has 2 nitrogen and oxygen atoms in total. The van der Waals surface area contributed by atoms with Crippen LogP contribution in [0.2, 0.25) is 19.6 Å². The maximum absolute atomic E-state index is 13.5. The highest BCUT2D eigenvalue weighted by Gasteiger charge is 2.33. The van der Waals surface area contributed by atoms with Gasteiger partial charge in [-0.3, -0.25) is 0 Å². The van der Waals surface area contributed by atoms with Crippen LogP contribution < -0.4 is 0 Å². The smallest absolute Gasteiger partial charge is 0.200 e. The lowest BCUT2D eigenvalue weighted by Gasteiger charge is -2.22. The Morgan fingerprint density at radius 2 is 1.26 bits per heavy atom. The number of nitrogens with zero attached hydrogens (tertiary/aromatic N) is 1. The van der Waals surface area contributed by atoms with E-state index in [2.05, 4.69) is 0 Å². The molecule has 19 heavy (non-hydrogen) atoms. The topological polar surface area (TPSA) is 33.0 Å². The highest BCUT2D eigenvalue weighted by Crippen LogP contribution is 2.31. The van der Waals surface area contributed by atoms with Crippen molar-refractivity contribution in [2.75, 3.05) is 0 Å². The van der Waals surface area contributed by atoms with Crippen LogP contribution in [0.3, 0.4) is 0 Å². The summed E-state index contributed by atoms with van der Waals surface area (Å²) >= 11 is 0. The van der Waals surface area contributed by atoms with E-state index in [1.165, 1.54) is 6.07 Å². The van der Waals surface area contributed by atoms with E-state index < -0.39 is 49.1 Å². The zero-order valence-corrected chi connectivity index (χ0v) is 11.3. The molecule has 0 heterocycles. The molecule has 0 saturated heterocycles. The minimum Gasteiger partial charge on any atom is -0.399 e. The van der Waals surface area contributed by atoms with Crippen molar-refractivity contribution in [3.05, 3.63) is 34.6 Å². The van der Waals surface area contributed by atoms with Gasteiger partial charge >= 0.3 is 0 Å². The summed E-state index contributed by atoms with van der Waals surface area (Å²) in [5.41, 5.74) is -1.25. The fraction of sp³-hybridized carbons (Fsp3) is 0.364. The van der Waals surface area contributed by atoms with Crippen LogP contribution in [0.1, 0.15) is 11.7 Å². The first kappa shape index (κ1) is 15.6. The Morgan fingerprint density at radius 3 is 1.58 bits per heavy atom. The molecular formula is C11H10F5NOSi. The molecule has 0 spiro atoms. The summed E-state index contributed by atoms with van der Waals surface area (Å²) in [5.74, 6) is -10.5. The van der Waals surface area contributed by atoms with Crippen molar-refractivity contribution in [2.45, 2.75) is 25.7 Å². The summed E-state index contributed by atoms with van der Waals surface area (Å²) in [7, 11) is -2.41. The molecule has 0 radical (unpaired) electrons. The Balaban J connectivity index is 3.46. The molecule has 1 atom stereocenters. The SMILES string of the molecule is C[Si](C)(C)OC(C#N)c1c(F)c(F)c(F)c(F)c1F.